The first-order valence-corrected chi connectivity index (χ1v) is 9.98. The number of carbonyl (C=O) groups is 2. The van der Waals surface area contributed by atoms with Gasteiger partial charge in [0.05, 0.1) is 17.7 Å². The Labute approximate surface area is 190 Å². The van der Waals surface area contributed by atoms with E-state index >= 15 is 0 Å². The van der Waals surface area contributed by atoms with Crippen LogP contribution < -0.4 is 14.8 Å². The van der Waals surface area contributed by atoms with E-state index in [1.54, 1.807) is 36.4 Å². The monoisotopic (exact) mass is 446 g/mol. The van der Waals surface area contributed by atoms with Crippen LogP contribution in [0, 0.1) is 11.3 Å². The van der Waals surface area contributed by atoms with E-state index in [9.17, 15) is 14.9 Å². The number of nitrogens with zero attached hydrogens (tertiary/aromatic N) is 1. The van der Waals surface area contributed by atoms with Crippen LogP contribution in [0.5, 0.6) is 11.5 Å². The Morgan fingerprint density at radius 2 is 1.75 bits per heavy atom. The maximum absolute atomic E-state index is 12.4. The molecule has 3 aromatic carbocycles. The second-order valence-corrected chi connectivity index (χ2v) is 7.02. The molecule has 3 rings (SSSR count). The van der Waals surface area contributed by atoms with Crippen LogP contribution >= 0.6 is 11.6 Å². The van der Waals surface area contributed by atoms with Crippen LogP contribution in [-0.4, -0.2) is 19.0 Å². The highest BCUT2D eigenvalue weighted by Crippen LogP contribution is 2.30. The largest absolute Gasteiger partial charge is 0.493 e. The highest BCUT2D eigenvalue weighted by atomic mass is 35.5. The lowest BCUT2D eigenvalue weighted by Crippen LogP contribution is -2.23. The topological polar surface area (TPSA) is 88.4 Å². The van der Waals surface area contributed by atoms with Crippen molar-refractivity contribution < 1.29 is 19.1 Å². The van der Waals surface area contributed by atoms with E-state index in [-0.39, 0.29) is 27.7 Å². The Kier molecular flexibility index (Phi) is 7.63. The van der Waals surface area contributed by atoms with Gasteiger partial charge in [0, 0.05) is 6.54 Å². The molecule has 0 fully saturated rings. The quantitative estimate of drug-likeness (QED) is 0.244. The molecule has 0 radical (unpaired) electrons. The Balaban J connectivity index is 1.75. The van der Waals surface area contributed by atoms with E-state index in [4.69, 9.17) is 21.1 Å². The number of nitrogens with one attached hydrogen (secondary N) is 1. The van der Waals surface area contributed by atoms with E-state index in [2.05, 4.69) is 5.32 Å². The minimum atomic E-state index is -0.629. The van der Waals surface area contributed by atoms with E-state index in [1.165, 1.54) is 19.3 Å². The molecule has 0 aliphatic rings. The summed E-state index contributed by atoms with van der Waals surface area (Å²) in [6.45, 7) is 0.305. The predicted octanol–water partition coefficient (Wildman–Crippen LogP) is 4.79. The molecule has 1 amide bonds. The first-order valence-electron chi connectivity index (χ1n) is 9.60. The van der Waals surface area contributed by atoms with Gasteiger partial charge in [0.1, 0.15) is 11.6 Å². The second kappa shape index (κ2) is 10.8. The molecule has 7 heteroatoms. The molecule has 0 aliphatic heterocycles. The molecule has 6 nitrogen and oxygen atoms in total. The normalized spacial score (nSPS) is 10.7. The van der Waals surface area contributed by atoms with Crippen LogP contribution in [0.3, 0.4) is 0 Å². The maximum Gasteiger partial charge on any atom is 0.345 e. The van der Waals surface area contributed by atoms with Gasteiger partial charge in [-0.25, -0.2) is 4.79 Å². The van der Waals surface area contributed by atoms with Crippen molar-refractivity contribution >= 4 is 29.6 Å². The van der Waals surface area contributed by atoms with Crippen molar-refractivity contribution in [1.82, 2.24) is 5.32 Å². The number of carbonyl (C=O) groups excluding carboxylic acids is 2. The van der Waals surface area contributed by atoms with Crippen LogP contribution in [0.1, 0.15) is 21.5 Å². The Hall–Kier alpha value is -4.08. The molecule has 0 spiro atoms. The summed E-state index contributed by atoms with van der Waals surface area (Å²) in [4.78, 5) is 24.8. The first kappa shape index (κ1) is 22.6. The Bertz CT molecular complexity index is 1200. The SMILES string of the molecule is COc1cc(/C=C(\C#N)C(=O)NCc2ccccc2)ccc1OC(=O)c1ccccc1Cl. The third-order valence-electron chi connectivity index (χ3n) is 4.46. The lowest BCUT2D eigenvalue weighted by atomic mass is 10.1. The summed E-state index contributed by atoms with van der Waals surface area (Å²) in [5, 5.41) is 12.4. The molecule has 0 saturated carbocycles. The van der Waals surface area contributed by atoms with Gasteiger partial charge in [0.15, 0.2) is 11.5 Å². The third kappa shape index (κ3) is 5.75. The number of benzene rings is 3. The lowest BCUT2D eigenvalue weighted by molar-refractivity contribution is -0.117. The molecular formula is C25H19ClN2O4. The second-order valence-electron chi connectivity index (χ2n) is 6.62. The van der Waals surface area contributed by atoms with Crippen LogP contribution in [0.25, 0.3) is 6.08 Å². The van der Waals surface area contributed by atoms with Crippen molar-refractivity contribution in [2.75, 3.05) is 7.11 Å². The number of esters is 1. The highest BCUT2D eigenvalue weighted by Gasteiger charge is 2.16. The summed E-state index contributed by atoms with van der Waals surface area (Å²) >= 11 is 6.04. The average Bonchev–Trinajstić information content (AvgIpc) is 2.82. The summed E-state index contributed by atoms with van der Waals surface area (Å²) in [6, 6.07) is 22.5. The third-order valence-corrected chi connectivity index (χ3v) is 4.79. The summed E-state index contributed by atoms with van der Waals surface area (Å²) in [5.74, 6) is -0.678. The molecule has 0 bridgehead atoms. The van der Waals surface area contributed by atoms with Gasteiger partial charge in [-0.15, -0.1) is 0 Å². The van der Waals surface area contributed by atoms with Gasteiger partial charge < -0.3 is 14.8 Å². The summed E-state index contributed by atoms with van der Waals surface area (Å²) in [7, 11) is 1.42. The minimum Gasteiger partial charge on any atom is -0.493 e. The number of rotatable bonds is 7. The van der Waals surface area contributed by atoms with Crippen molar-refractivity contribution in [2.24, 2.45) is 0 Å². The lowest BCUT2D eigenvalue weighted by Gasteiger charge is -2.11. The number of hydrogen-bond acceptors (Lipinski definition) is 5. The van der Waals surface area contributed by atoms with Crippen molar-refractivity contribution in [1.29, 1.82) is 5.26 Å². The van der Waals surface area contributed by atoms with E-state index < -0.39 is 11.9 Å². The fourth-order valence-corrected chi connectivity index (χ4v) is 3.04. The fourth-order valence-electron chi connectivity index (χ4n) is 2.83. The molecule has 0 saturated heterocycles. The van der Waals surface area contributed by atoms with Gasteiger partial charge in [-0.2, -0.15) is 5.26 Å². The standard InChI is InChI=1S/C25H19ClN2O4/c1-31-23-14-18(11-12-22(23)32-25(30)20-9-5-6-10-21(20)26)13-19(15-27)24(29)28-16-17-7-3-2-4-8-17/h2-14H,16H2,1H3,(H,28,29)/b19-13+. The van der Waals surface area contributed by atoms with Crippen molar-refractivity contribution in [3.8, 4) is 17.6 Å². The van der Waals surface area contributed by atoms with Gasteiger partial charge in [-0.05, 0) is 41.5 Å². The molecule has 0 aromatic heterocycles. The molecule has 3 aromatic rings. The van der Waals surface area contributed by atoms with Crippen molar-refractivity contribution in [2.45, 2.75) is 6.54 Å². The summed E-state index contributed by atoms with van der Waals surface area (Å²) in [5.41, 5.74) is 1.61. The average molecular weight is 447 g/mol. The van der Waals surface area contributed by atoms with Gasteiger partial charge in [-0.1, -0.05) is 60.1 Å². The Morgan fingerprint density at radius 1 is 1.03 bits per heavy atom. The summed E-state index contributed by atoms with van der Waals surface area (Å²) < 4.78 is 10.7. The Morgan fingerprint density at radius 3 is 2.44 bits per heavy atom. The number of hydrogen-bond donors (Lipinski definition) is 1. The minimum absolute atomic E-state index is 0.0659. The van der Waals surface area contributed by atoms with E-state index in [0.717, 1.165) is 5.56 Å². The molecule has 0 unspecified atom stereocenters. The smallest absolute Gasteiger partial charge is 0.345 e. The van der Waals surface area contributed by atoms with E-state index in [0.29, 0.717) is 12.1 Å². The van der Waals surface area contributed by atoms with Gasteiger partial charge in [0.2, 0.25) is 0 Å². The van der Waals surface area contributed by atoms with Gasteiger partial charge >= 0.3 is 5.97 Å². The zero-order valence-corrected chi connectivity index (χ0v) is 17.9. The summed E-state index contributed by atoms with van der Waals surface area (Å²) in [6.07, 6.45) is 1.43. The zero-order chi connectivity index (χ0) is 22.9. The zero-order valence-electron chi connectivity index (χ0n) is 17.2. The molecular weight excluding hydrogens is 428 g/mol. The van der Waals surface area contributed by atoms with E-state index in [1.807, 2.05) is 36.4 Å². The molecule has 0 atom stereocenters. The van der Waals surface area contributed by atoms with Crippen molar-refractivity contribution in [3.05, 3.63) is 100 Å². The first-order chi connectivity index (χ1) is 15.5. The van der Waals surface area contributed by atoms with Gasteiger partial charge in [0.25, 0.3) is 5.91 Å². The van der Waals surface area contributed by atoms with Crippen molar-refractivity contribution in [3.63, 3.8) is 0 Å². The number of halogens is 1. The van der Waals surface area contributed by atoms with Crippen LogP contribution in [-0.2, 0) is 11.3 Å². The highest BCUT2D eigenvalue weighted by molar-refractivity contribution is 6.33. The van der Waals surface area contributed by atoms with Crippen LogP contribution in [0.15, 0.2) is 78.4 Å². The van der Waals surface area contributed by atoms with Gasteiger partial charge in [-0.3, -0.25) is 4.79 Å². The number of methoxy groups -OCH3 is 1. The molecule has 0 aliphatic carbocycles. The maximum atomic E-state index is 12.4. The predicted molar refractivity (Wildman–Crippen MR) is 121 cm³/mol. The number of amides is 1. The molecule has 1 N–H and O–H groups in total. The van der Waals surface area contributed by atoms with Crippen LogP contribution in [0.2, 0.25) is 5.02 Å². The number of nitriles is 1. The molecule has 0 heterocycles. The number of ether oxygens (including phenoxy) is 2. The fraction of sp³-hybridized carbons (Fsp3) is 0.0800. The molecule has 32 heavy (non-hydrogen) atoms. The molecule has 160 valence electrons. The van der Waals surface area contributed by atoms with Crippen LogP contribution in [0.4, 0.5) is 0 Å².